The van der Waals surface area contributed by atoms with Crippen molar-refractivity contribution in [2.75, 3.05) is 25.5 Å². The van der Waals surface area contributed by atoms with E-state index >= 15 is 0 Å². The highest BCUT2D eigenvalue weighted by Crippen LogP contribution is 2.15. The van der Waals surface area contributed by atoms with E-state index in [9.17, 15) is 9.59 Å². The molecular formula is C19H21N3O2. The number of rotatable bonds is 4. The molecule has 0 saturated carbocycles. The predicted octanol–water partition coefficient (Wildman–Crippen LogP) is 2.37. The summed E-state index contributed by atoms with van der Waals surface area (Å²) in [5.74, 6) is -0.159. The summed E-state index contributed by atoms with van der Waals surface area (Å²) in [5, 5.41) is 6.10. The van der Waals surface area contributed by atoms with Crippen LogP contribution in [0.3, 0.4) is 0 Å². The van der Waals surface area contributed by atoms with Crippen LogP contribution in [0.1, 0.15) is 27.1 Å². The lowest BCUT2D eigenvalue weighted by Crippen LogP contribution is -2.38. The molecule has 1 heterocycles. The van der Waals surface area contributed by atoms with Gasteiger partial charge in [0.05, 0.1) is 0 Å². The molecule has 0 bridgehead atoms. The zero-order chi connectivity index (χ0) is 16.9. The van der Waals surface area contributed by atoms with E-state index in [0.717, 1.165) is 19.5 Å². The number of likely N-dealkylation sites (N-methyl/N-ethyl adjacent to an activating group) is 1. The van der Waals surface area contributed by atoms with Crippen LogP contribution in [-0.4, -0.2) is 42.9 Å². The van der Waals surface area contributed by atoms with Gasteiger partial charge >= 0.3 is 0 Å². The normalized spacial score (nSPS) is 16.6. The van der Waals surface area contributed by atoms with Gasteiger partial charge in [0.2, 0.25) is 0 Å². The Balaban J connectivity index is 1.64. The van der Waals surface area contributed by atoms with Crippen LogP contribution in [0, 0.1) is 0 Å². The van der Waals surface area contributed by atoms with E-state index in [1.54, 1.807) is 41.3 Å². The molecular weight excluding hydrogens is 302 g/mol. The number of hydrogen-bond donors (Lipinski definition) is 2. The van der Waals surface area contributed by atoms with Crippen molar-refractivity contribution in [3.8, 4) is 0 Å². The first-order valence-electron chi connectivity index (χ1n) is 8.09. The minimum Gasteiger partial charge on any atom is -0.337 e. The molecule has 1 saturated heterocycles. The highest BCUT2D eigenvalue weighted by molar-refractivity contribution is 6.04. The van der Waals surface area contributed by atoms with E-state index in [1.807, 2.05) is 25.2 Å². The van der Waals surface area contributed by atoms with Crippen LogP contribution in [0.25, 0.3) is 0 Å². The fourth-order valence-corrected chi connectivity index (χ4v) is 2.83. The number of carbonyl (C=O) groups excluding carboxylic acids is 2. The number of benzene rings is 2. The first kappa shape index (κ1) is 16.2. The van der Waals surface area contributed by atoms with Crippen molar-refractivity contribution in [3.05, 3.63) is 65.7 Å². The average Bonchev–Trinajstić information content (AvgIpc) is 3.16. The zero-order valence-electron chi connectivity index (χ0n) is 13.7. The Morgan fingerprint density at radius 1 is 1.04 bits per heavy atom. The average molecular weight is 323 g/mol. The van der Waals surface area contributed by atoms with Gasteiger partial charge in [-0.15, -0.1) is 0 Å². The summed E-state index contributed by atoms with van der Waals surface area (Å²) in [4.78, 5) is 26.4. The number of anilines is 1. The zero-order valence-corrected chi connectivity index (χ0v) is 13.7. The Bertz CT molecular complexity index is 707. The van der Waals surface area contributed by atoms with Gasteiger partial charge < -0.3 is 15.5 Å². The van der Waals surface area contributed by atoms with Crippen LogP contribution in [0.4, 0.5) is 5.69 Å². The highest BCUT2D eigenvalue weighted by atomic mass is 16.2. The third kappa shape index (κ3) is 3.63. The number of nitrogens with zero attached hydrogens (tertiary/aromatic N) is 1. The van der Waals surface area contributed by atoms with E-state index in [4.69, 9.17) is 0 Å². The third-order valence-electron chi connectivity index (χ3n) is 4.33. The minimum atomic E-state index is -0.163. The molecule has 1 unspecified atom stereocenters. The number of nitrogens with one attached hydrogen (secondary N) is 2. The smallest absolute Gasteiger partial charge is 0.255 e. The molecule has 5 nitrogen and oxygen atoms in total. The van der Waals surface area contributed by atoms with Gasteiger partial charge in [-0.3, -0.25) is 9.59 Å². The van der Waals surface area contributed by atoms with Crippen molar-refractivity contribution >= 4 is 17.5 Å². The molecule has 24 heavy (non-hydrogen) atoms. The van der Waals surface area contributed by atoms with Gasteiger partial charge in [0, 0.05) is 36.4 Å². The van der Waals surface area contributed by atoms with Crippen molar-refractivity contribution < 1.29 is 9.59 Å². The van der Waals surface area contributed by atoms with Crippen molar-refractivity contribution in [3.63, 3.8) is 0 Å². The van der Waals surface area contributed by atoms with Gasteiger partial charge in [-0.2, -0.15) is 0 Å². The molecule has 3 rings (SSSR count). The van der Waals surface area contributed by atoms with E-state index < -0.39 is 0 Å². The highest BCUT2D eigenvalue weighted by Gasteiger charge is 2.23. The monoisotopic (exact) mass is 323 g/mol. The van der Waals surface area contributed by atoms with E-state index in [0.29, 0.717) is 16.8 Å². The van der Waals surface area contributed by atoms with Crippen LogP contribution in [-0.2, 0) is 0 Å². The number of hydrogen-bond acceptors (Lipinski definition) is 3. The largest absolute Gasteiger partial charge is 0.337 e. The molecule has 1 aliphatic heterocycles. The van der Waals surface area contributed by atoms with E-state index in [2.05, 4.69) is 10.6 Å². The molecule has 0 aliphatic carbocycles. The van der Waals surface area contributed by atoms with Crippen molar-refractivity contribution in [2.45, 2.75) is 12.5 Å². The Hall–Kier alpha value is -2.66. The standard InChI is InChI=1S/C19H21N3O2/c1-22(17-11-12-20-13-17)19(24)15-7-9-16(10-8-15)21-18(23)14-5-3-2-4-6-14/h2-10,17,20H,11-13H2,1H3,(H,21,23). The van der Waals surface area contributed by atoms with Crippen LogP contribution < -0.4 is 10.6 Å². The number of carbonyl (C=O) groups is 2. The van der Waals surface area contributed by atoms with Crippen LogP contribution in [0.15, 0.2) is 54.6 Å². The van der Waals surface area contributed by atoms with Gasteiger partial charge in [0.1, 0.15) is 0 Å². The summed E-state index contributed by atoms with van der Waals surface area (Å²) in [6.07, 6.45) is 0.980. The quantitative estimate of drug-likeness (QED) is 0.908. The molecule has 1 fully saturated rings. The summed E-state index contributed by atoms with van der Waals surface area (Å²) in [6, 6.07) is 16.3. The third-order valence-corrected chi connectivity index (χ3v) is 4.33. The predicted molar refractivity (Wildman–Crippen MR) is 94.2 cm³/mol. The Morgan fingerprint density at radius 2 is 1.75 bits per heavy atom. The minimum absolute atomic E-state index is 0.00429. The van der Waals surface area contributed by atoms with Gasteiger partial charge in [-0.05, 0) is 49.4 Å². The van der Waals surface area contributed by atoms with Gasteiger partial charge in [-0.25, -0.2) is 0 Å². The molecule has 2 aromatic carbocycles. The second kappa shape index (κ2) is 7.27. The summed E-state index contributed by atoms with van der Waals surface area (Å²) in [7, 11) is 1.84. The molecule has 0 radical (unpaired) electrons. The topological polar surface area (TPSA) is 61.4 Å². The van der Waals surface area contributed by atoms with Gasteiger partial charge in [-0.1, -0.05) is 18.2 Å². The lowest BCUT2D eigenvalue weighted by Gasteiger charge is -2.23. The van der Waals surface area contributed by atoms with Crippen LogP contribution in [0.2, 0.25) is 0 Å². The maximum atomic E-state index is 12.5. The molecule has 1 atom stereocenters. The second-order valence-corrected chi connectivity index (χ2v) is 5.96. The van der Waals surface area contributed by atoms with Crippen LogP contribution in [0.5, 0.6) is 0 Å². The fourth-order valence-electron chi connectivity index (χ4n) is 2.83. The van der Waals surface area contributed by atoms with E-state index in [1.165, 1.54) is 0 Å². The molecule has 0 aromatic heterocycles. The Kier molecular flexibility index (Phi) is 4.91. The van der Waals surface area contributed by atoms with Gasteiger partial charge in [0.15, 0.2) is 0 Å². The lowest BCUT2D eigenvalue weighted by molar-refractivity contribution is 0.0743. The maximum Gasteiger partial charge on any atom is 0.255 e. The van der Waals surface area contributed by atoms with E-state index in [-0.39, 0.29) is 17.9 Å². The molecule has 2 aromatic rings. The summed E-state index contributed by atoms with van der Waals surface area (Å²) in [6.45, 7) is 1.79. The molecule has 2 amide bonds. The Labute approximate surface area is 141 Å². The molecule has 1 aliphatic rings. The lowest BCUT2D eigenvalue weighted by atomic mass is 10.1. The van der Waals surface area contributed by atoms with Gasteiger partial charge in [0.25, 0.3) is 11.8 Å². The number of amides is 2. The molecule has 5 heteroatoms. The SMILES string of the molecule is CN(C(=O)c1ccc(NC(=O)c2ccccc2)cc1)C1CCNC1. The molecule has 0 spiro atoms. The summed E-state index contributed by atoms with van der Waals surface area (Å²) in [5.41, 5.74) is 1.90. The van der Waals surface area contributed by atoms with Crippen LogP contribution >= 0.6 is 0 Å². The second-order valence-electron chi connectivity index (χ2n) is 5.96. The van der Waals surface area contributed by atoms with Crippen molar-refractivity contribution in [1.82, 2.24) is 10.2 Å². The maximum absolute atomic E-state index is 12.5. The van der Waals surface area contributed by atoms with Crippen molar-refractivity contribution in [2.24, 2.45) is 0 Å². The molecule has 2 N–H and O–H groups in total. The molecule has 124 valence electrons. The summed E-state index contributed by atoms with van der Waals surface area (Å²) < 4.78 is 0. The first-order valence-corrected chi connectivity index (χ1v) is 8.09. The summed E-state index contributed by atoms with van der Waals surface area (Å²) >= 11 is 0. The Morgan fingerprint density at radius 3 is 2.38 bits per heavy atom. The fraction of sp³-hybridized carbons (Fsp3) is 0.263. The van der Waals surface area contributed by atoms with Crippen molar-refractivity contribution in [1.29, 1.82) is 0 Å². The first-order chi connectivity index (χ1) is 11.6.